The normalized spacial score (nSPS) is 10.7. The van der Waals surface area contributed by atoms with E-state index < -0.39 is 0 Å². The molecule has 2 heterocycles. The third-order valence-corrected chi connectivity index (χ3v) is 5.89. The minimum absolute atomic E-state index is 0.226. The fraction of sp³-hybridized carbons (Fsp3) is 0.0968. The predicted molar refractivity (Wildman–Crippen MR) is 144 cm³/mol. The number of para-hydroxylation sites is 2. The van der Waals surface area contributed by atoms with Crippen LogP contribution in [0, 0.1) is 0 Å². The van der Waals surface area contributed by atoms with Gasteiger partial charge < -0.3 is 14.5 Å². The van der Waals surface area contributed by atoms with Crippen molar-refractivity contribution in [2.75, 3.05) is 0 Å². The van der Waals surface area contributed by atoms with Gasteiger partial charge in [-0.05, 0) is 42.3 Å². The minimum atomic E-state index is -0.301. The van der Waals surface area contributed by atoms with E-state index in [4.69, 9.17) is 14.3 Å². The molecule has 5 aromatic rings. The maximum absolute atomic E-state index is 12.9. The number of aromatic nitrogens is 2. The molecule has 0 fully saturated rings. The Morgan fingerprint density at radius 3 is 2.43 bits per heavy atom. The highest BCUT2D eigenvalue weighted by molar-refractivity contribution is 5.91. The molecule has 2 aromatic heterocycles. The van der Waals surface area contributed by atoms with Crippen LogP contribution in [-0.2, 0) is 19.6 Å². The first-order chi connectivity index (χ1) is 18.2. The van der Waals surface area contributed by atoms with Crippen molar-refractivity contribution >= 4 is 5.91 Å². The van der Waals surface area contributed by atoms with Crippen LogP contribution in [0.25, 0.3) is 16.9 Å². The van der Waals surface area contributed by atoms with Crippen molar-refractivity contribution in [2.45, 2.75) is 19.6 Å². The van der Waals surface area contributed by atoms with Crippen LogP contribution in [0.1, 0.15) is 27.4 Å². The monoisotopic (exact) mass is 489 g/mol. The van der Waals surface area contributed by atoms with Gasteiger partial charge in [-0.15, -0.1) is 6.58 Å². The second-order valence-electron chi connectivity index (χ2n) is 8.49. The molecule has 184 valence electrons. The number of nitrogens with zero attached hydrogens (tertiary/aromatic N) is 2. The summed E-state index contributed by atoms with van der Waals surface area (Å²) in [4.78, 5) is 12.9. The van der Waals surface area contributed by atoms with Gasteiger partial charge in [0.15, 0.2) is 5.76 Å². The van der Waals surface area contributed by atoms with Crippen molar-refractivity contribution in [1.29, 1.82) is 0 Å². The number of rotatable bonds is 10. The van der Waals surface area contributed by atoms with Crippen molar-refractivity contribution in [3.8, 4) is 22.7 Å². The molecule has 3 aromatic carbocycles. The van der Waals surface area contributed by atoms with Gasteiger partial charge in [-0.25, -0.2) is 4.68 Å². The maximum Gasteiger partial charge on any atom is 0.287 e. The fourth-order valence-corrected chi connectivity index (χ4v) is 4.05. The smallest absolute Gasteiger partial charge is 0.287 e. The summed E-state index contributed by atoms with van der Waals surface area (Å²) in [5.41, 5.74) is 4.69. The molecule has 37 heavy (non-hydrogen) atoms. The molecular formula is C31H27N3O3. The van der Waals surface area contributed by atoms with Gasteiger partial charge in [-0.1, -0.05) is 72.8 Å². The molecule has 6 heteroatoms. The highest BCUT2D eigenvalue weighted by Gasteiger charge is 2.16. The van der Waals surface area contributed by atoms with Crippen molar-refractivity contribution in [3.05, 3.63) is 139 Å². The van der Waals surface area contributed by atoms with Gasteiger partial charge in [0.05, 0.1) is 11.4 Å². The zero-order valence-electron chi connectivity index (χ0n) is 20.3. The highest BCUT2D eigenvalue weighted by Crippen LogP contribution is 2.24. The summed E-state index contributed by atoms with van der Waals surface area (Å²) in [6.45, 7) is 4.32. The average molecular weight is 490 g/mol. The van der Waals surface area contributed by atoms with E-state index >= 15 is 0 Å². The van der Waals surface area contributed by atoms with Crippen LogP contribution in [0.3, 0.4) is 0 Å². The Morgan fingerprint density at radius 1 is 0.919 bits per heavy atom. The van der Waals surface area contributed by atoms with Gasteiger partial charge in [0.25, 0.3) is 5.91 Å². The van der Waals surface area contributed by atoms with Gasteiger partial charge in [-0.3, -0.25) is 4.79 Å². The molecule has 0 bridgehead atoms. The quantitative estimate of drug-likeness (QED) is 0.232. The van der Waals surface area contributed by atoms with Gasteiger partial charge in [0.2, 0.25) is 0 Å². The summed E-state index contributed by atoms with van der Waals surface area (Å²) < 4.78 is 13.5. The second kappa shape index (κ2) is 11.3. The number of hydrogen-bond acceptors (Lipinski definition) is 4. The summed E-state index contributed by atoms with van der Waals surface area (Å²) >= 11 is 0. The van der Waals surface area contributed by atoms with Crippen LogP contribution < -0.4 is 10.1 Å². The highest BCUT2D eigenvalue weighted by atomic mass is 16.5. The summed E-state index contributed by atoms with van der Waals surface area (Å²) in [6.07, 6.45) is 4.50. The van der Waals surface area contributed by atoms with E-state index in [0.717, 1.165) is 33.8 Å². The van der Waals surface area contributed by atoms with Crippen molar-refractivity contribution in [3.63, 3.8) is 0 Å². The van der Waals surface area contributed by atoms with Crippen LogP contribution >= 0.6 is 0 Å². The summed E-state index contributed by atoms with van der Waals surface area (Å²) in [5, 5.41) is 7.76. The van der Waals surface area contributed by atoms with E-state index in [1.807, 2.05) is 102 Å². The Morgan fingerprint density at radius 2 is 1.65 bits per heavy atom. The summed E-state index contributed by atoms with van der Waals surface area (Å²) in [5.74, 6) is 1.27. The van der Waals surface area contributed by atoms with Crippen molar-refractivity contribution in [2.24, 2.45) is 0 Å². The number of allylic oxidation sites excluding steroid dienone is 1. The Hall–Kier alpha value is -4.84. The van der Waals surface area contributed by atoms with E-state index in [1.165, 1.54) is 0 Å². The molecule has 1 amide bonds. The molecule has 0 saturated heterocycles. The largest absolute Gasteiger partial charge is 0.485 e. The predicted octanol–water partition coefficient (Wildman–Crippen LogP) is 6.37. The molecule has 0 aliphatic carbocycles. The molecule has 0 unspecified atom stereocenters. The zero-order valence-corrected chi connectivity index (χ0v) is 20.3. The Bertz CT molecular complexity index is 1490. The zero-order chi connectivity index (χ0) is 25.5. The molecule has 0 aliphatic rings. The van der Waals surface area contributed by atoms with Gasteiger partial charge in [-0.2, -0.15) is 5.10 Å². The lowest BCUT2D eigenvalue weighted by atomic mass is 10.1. The third kappa shape index (κ3) is 5.70. The fourth-order valence-electron chi connectivity index (χ4n) is 4.05. The lowest BCUT2D eigenvalue weighted by molar-refractivity contribution is 0.0919. The van der Waals surface area contributed by atoms with Crippen LogP contribution in [0.5, 0.6) is 5.75 Å². The number of nitrogens with one attached hydrogen (secondary N) is 1. The van der Waals surface area contributed by atoms with E-state index in [2.05, 4.69) is 11.9 Å². The number of hydrogen-bond donors (Lipinski definition) is 1. The number of carbonyl (C=O) groups is 1. The average Bonchev–Trinajstić information content (AvgIpc) is 3.60. The SMILES string of the molecule is C=CCc1ccccc1OCc1ccc(C(=O)NCc2cn(-c3ccccc3)nc2-c2ccccc2)o1. The first-order valence-electron chi connectivity index (χ1n) is 12.1. The molecular weight excluding hydrogens is 462 g/mol. The Balaban J connectivity index is 1.27. The van der Waals surface area contributed by atoms with Gasteiger partial charge in [0.1, 0.15) is 18.1 Å². The van der Waals surface area contributed by atoms with Crippen molar-refractivity contribution < 1.29 is 13.9 Å². The molecule has 0 spiro atoms. The van der Waals surface area contributed by atoms with Crippen LogP contribution in [0.4, 0.5) is 0 Å². The molecule has 0 saturated carbocycles. The second-order valence-corrected chi connectivity index (χ2v) is 8.49. The molecule has 5 rings (SSSR count). The summed E-state index contributed by atoms with van der Waals surface area (Å²) in [7, 11) is 0. The molecule has 1 N–H and O–H groups in total. The van der Waals surface area contributed by atoms with Crippen molar-refractivity contribution in [1.82, 2.24) is 15.1 Å². The summed E-state index contributed by atoms with van der Waals surface area (Å²) in [6, 6.07) is 31.0. The first-order valence-corrected chi connectivity index (χ1v) is 12.1. The van der Waals surface area contributed by atoms with E-state index in [0.29, 0.717) is 18.7 Å². The number of amides is 1. The van der Waals surface area contributed by atoms with E-state index in [1.54, 1.807) is 12.1 Å². The molecule has 6 nitrogen and oxygen atoms in total. The number of carbonyl (C=O) groups excluding carboxylic acids is 1. The van der Waals surface area contributed by atoms with E-state index in [-0.39, 0.29) is 18.3 Å². The van der Waals surface area contributed by atoms with Gasteiger partial charge >= 0.3 is 0 Å². The van der Waals surface area contributed by atoms with Gasteiger partial charge in [0, 0.05) is 23.9 Å². The first kappa shape index (κ1) is 23.9. The van der Waals surface area contributed by atoms with E-state index in [9.17, 15) is 4.79 Å². The molecule has 0 radical (unpaired) electrons. The van der Waals surface area contributed by atoms with Crippen LogP contribution in [-0.4, -0.2) is 15.7 Å². The number of furan rings is 1. The maximum atomic E-state index is 12.9. The lowest BCUT2D eigenvalue weighted by Crippen LogP contribution is -2.22. The third-order valence-electron chi connectivity index (χ3n) is 5.89. The lowest BCUT2D eigenvalue weighted by Gasteiger charge is -2.09. The Kier molecular flexibility index (Phi) is 7.27. The number of benzene rings is 3. The topological polar surface area (TPSA) is 69.3 Å². The standard InChI is InChI=1S/C31H27N3O3/c1-2-11-23-12-9-10-17-28(23)36-22-27-18-19-29(37-27)31(35)32-20-25-21-34(26-15-7-4-8-16-26)33-30(25)24-13-5-3-6-14-24/h2-10,12-19,21H,1,11,20,22H2,(H,32,35). The minimum Gasteiger partial charge on any atom is -0.485 e. The molecule has 0 atom stereocenters. The Labute approximate surface area is 215 Å². The molecule has 0 aliphatic heterocycles. The van der Waals surface area contributed by atoms with Crippen LogP contribution in [0.2, 0.25) is 0 Å². The van der Waals surface area contributed by atoms with Crippen LogP contribution in [0.15, 0.2) is 120 Å². The number of ether oxygens (including phenoxy) is 1.